The Kier molecular flexibility index (Phi) is 3.98. The maximum Gasteiger partial charge on any atom is 0.142 e. The lowest BCUT2D eigenvalue weighted by Crippen LogP contribution is -2.18. The van der Waals surface area contributed by atoms with E-state index in [1.165, 1.54) is 4.88 Å². The van der Waals surface area contributed by atoms with Crippen molar-refractivity contribution in [1.29, 1.82) is 0 Å². The van der Waals surface area contributed by atoms with Gasteiger partial charge >= 0.3 is 0 Å². The van der Waals surface area contributed by atoms with Crippen molar-refractivity contribution in [3.05, 3.63) is 39.0 Å². The number of hydrogen-bond acceptors (Lipinski definition) is 5. The molecule has 2 aromatic rings. The van der Waals surface area contributed by atoms with Crippen molar-refractivity contribution < 1.29 is 0 Å². The van der Waals surface area contributed by atoms with Crippen molar-refractivity contribution >= 4 is 38.9 Å². The highest BCUT2D eigenvalue weighted by Crippen LogP contribution is 2.22. The highest BCUT2D eigenvalue weighted by Gasteiger charge is 2.06. The van der Waals surface area contributed by atoms with Crippen LogP contribution in [-0.4, -0.2) is 12.0 Å². The molecule has 0 fully saturated rings. The minimum atomic E-state index is 0.668. The van der Waals surface area contributed by atoms with E-state index in [1.807, 2.05) is 25.2 Å². The minimum Gasteiger partial charge on any atom is -0.354 e. The number of aromatic nitrogens is 1. The molecule has 0 saturated carbocycles. The largest absolute Gasteiger partial charge is 0.354 e. The molecule has 6 heteroatoms. The Labute approximate surface area is 113 Å². The van der Waals surface area contributed by atoms with Gasteiger partial charge in [0, 0.05) is 21.8 Å². The van der Waals surface area contributed by atoms with Crippen LogP contribution in [0.2, 0.25) is 0 Å². The quantitative estimate of drug-likeness (QED) is 0.673. The molecule has 0 aliphatic rings. The van der Waals surface area contributed by atoms with Crippen molar-refractivity contribution in [2.45, 2.75) is 6.54 Å². The molecule has 0 aliphatic carbocycles. The van der Waals surface area contributed by atoms with Gasteiger partial charge in [-0.2, -0.15) is 0 Å². The first-order chi connectivity index (χ1) is 8.19. The van der Waals surface area contributed by atoms with E-state index in [0.717, 1.165) is 16.8 Å². The number of nitrogens with zero attached hydrogens (tertiary/aromatic N) is 2. The van der Waals surface area contributed by atoms with Gasteiger partial charge in [0.05, 0.1) is 6.54 Å². The second-order valence-corrected chi connectivity index (χ2v) is 5.52. The summed E-state index contributed by atoms with van der Waals surface area (Å²) < 4.78 is 1.12. The van der Waals surface area contributed by atoms with E-state index in [4.69, 9.17) is 5.84 Å². The fourth-order valence-corrected chi connectivity index (χ4v) is 2.97. The third kappa shape index (κ3) is 3.18. The number of nitrogens with two attached hydrogens (primary N) is 1. The number of nitrogen functional groups attached to an aromatic ring is 1. The molecule has 0 spiro atoms. The number of nitrogens with one attached hydrogen (secondary N) is 1. The van der Waals surface area contributed by atoms with Gasteiger partial charge in [0.25, 0.3) is 0 Å². The van der Waals surface area contributed by atoms with Gasteiger partial charge in [-0.1, -0.05) is 6.07 Å². The van der Waals surface area contributed by atoms with Crippen LogP contribution >= 0.6 is 27.3 Å². The third-order valence-electron chi connectivity index (χ3n) is 2.29. The third-order valence-corrected chi connectivity index (χ3v) is 3.97. The molecule has 0 bridgehead atoms. The summed E-state index contributed by atoms with van der Waals surface area (Å²) in [5.74, 6) is 6.90. The predicted molar refractivity (Wildman–Crippen MR) is 76.2 cm³/mol. The SMILES string of the molecule is CN(Cc1cc(Br)cs1)c1cccc(NN)n1. The first-order valence-corrected chi connectivity index (χ1v) is 6.74. The molecule has 90 valence electrons. The van der Waals surface area contributed by atoms with Crippen LogP contribution in [0.1, 0.15) is 4.88 Å². The predicted octanol–water partition coefficient (Wildman–Crippen LogP) is 2.83. The molecule has 0 aliphatic heterocycles. The van der Waals surface area contributed by atoms with E-state index in [1.54, 1.807) is 11.3 Å². The van der Waals surface area contributed by atoms with Crippen LogP contribution in [-0.2, 0) is 6.54 Å². The van der Waals surface area contributed by atoms with Crippen LogP contribution in [0.15, 0.2) is 34.1 Å². The van der Waals surface area contributed by atoms with Crippen LogP contribution in [0.25, 0.3) is 0 Å². The summed E-state index contributed by atoms with van der Waals surface area (Å²) >= 11 is 5.18. The lowest BCUT2D eigenvalue weighted by atomic mass is 10.4. The molecular formula is C11H13BrN4S. The normalized spacial score (nSPS) is 10.3. The molecule has 4 nitrogen and oxygen atoms in total. The molecule has 0 unspecified atom stereocenters. The Morgan fingerprint density at radius 1 is 1.53 bits per heavy atom. The lowest BCUT2D eigenvalue weighted by molar-refractivity contribution is 0.912. The summed E-state index contributed by atoms with van der Waals surface area (Å²) in [5, 5.41) is 2.08. The number of pyridine rings is 1. The number of anilines is 2. The number of hydrogen-bond donors (Lipinski definition) is 2. The number of halogens is 1. The van der Waals surface area contributed by atoms with Gasteiger partial charge < -0.3 is 10.3 Å². The Morgan fingerprint density at radius 3 is 3.00 bits per heavy atom. The lowest BCUT2D eigenvalue weighted by Gasteiger charge is -2.17. The zero-order valence-electron chi connectivity index (χ0n) is 9.35. The molecule has 0 saturated heterocycles. The van der Waals surface area contributed by atoms with E-state index in [9.17, 15) is 0 Å². The molecule has 2 aromatic heterocycles. The Bertz CT molecular complexity index is 500. The fourth-order valence-electron chi connectivity index (χ4n) is 1.47. The van der Waals surface area contributed by atoms with Crippen molar-refractivity contribution in [3.8, 4) is 0 Å². The summed E-state index contributed by atoms with van der Waals surface area (Å²) in [5.41, 5.74) is 2.55. The van der Waals surface area contributed by atoms with Crippen molar-refractivity contribution in [3.63, 3.8) is 0 Å². The van der Waals surface area contributed by atoms with Gasteiger partial charge in [0.15, 0.2) is 0 Å². The van der Waals surface area contributed by atoms with Crippen LogP contribution in [0, 0.1) is 0 Å². The topological polar surface area (TPSA) is 54.2 Å². The molecule has 0 amide bonds. The van der Waals surface area contributed by atoms with Gasteiger partial charge in [-0.05, 0) is 34.1 Å². The first-order valence-electron chi connectivity index (χ1n) is 5.07. The maximum absolute atomic E-state index is 5.34. The van der Waals surface area contributed by atoms with Crippen LogP contribution < -0.4 is 16.2 Å². The van der Waals surface area contributed by atoms with E-state index < -0.39 is 0 Å². The maximum atomic E-state index is 5.34. The second kappa shape index (κ2) is 5.48. The van der Waals surface area contributed by atoms with E-state index >= 15 is 0 Å². The molecule has 17 heavy (non-hydrogen) atoms. The van der Waals surface area contributed by atoms with Gasteiger partial charge in [-0.3, -0.25) is 0 Å². The van der Waals surface area contributed by atoms with Crippen molar-refractivity contribution in [2.75, 3.05) is 17.4 Å². The standard InChI is InChI=1S/C11H13BrN4S/c1-16(6-9-5-8(12)7-17-9)11-4-2-3-10(14-11)15-13/h2-5,7H,6,13H2,1H3,(H,14,15). The average Bonchev–Trinajstić information content (AvgIpc) is 2.75. The Hall–Kier alpha value is -1.11. The average molecular weight is 313 g/mol. The monoisotopic (exact) mass is 312 g/mol. The van der Waals surface area contributed by atoms with Crippen LogP contribution in [0.5, 0.6) is 0 Å². The van der Waals surface area contributed by atoms with Gasteiger partial charge in [-0.25, -0.2) is 10.8 Å². The highest BCUT2D eigenvalue weighted by atomic mass is 79.9. The van der Waals surface area contributed by atoms with Crippen molar-refractivity contribution in [2.24, 2.45) is 5.84 Å². The summed E-state index contributed by atoms with van der Waals surface area (Å²) in [6.07, 6.45) is 0. The molecule has 2 heterocycles. The molecule has 3 N–H and O–H groups in total. The van der Waals surface area contributed by atoms with Gasteiger partial charge in [-0.15, -0.1) is 11.3 Å². The molecule has 0 radical (unpaired) electrons. The van der Waals surface area contributed by atoms with E-state index in [2.05, 4.69) is 42.7 Å². The summed E-state index contributed by atoms with van der Waals surface area (Å²) in [4.78, 5) is 7.74. The molecular weight excluding hydrogens is 300 g/mol. The van der Waals surface area contributed by atoms with Gasteiger partial charge in [0.1, 0.15) is 11.6 Å². The number of rotatable bonds is 4. The zero-order valence-corrected chi connectivity index (χ0v) is 11.8. The van der Waals surface area contributed by atoms with E-state index in [0.29, 0.717) is 5.82 Å². The zero-order chi connectivity index (χ0) is 12.3. The summed E-state index contributed by atoms with van der Waals surface area (Å²) in [6, 6.07) is 7.84. The summed E-state index contributed by atoms with van der Waals surface area (Å²) in [6.45, 7) is 0.831. The van der Waals surface area contributed by atoms with Crippen molar-refractivity contribution in [1.82, 2.24) is 4.98 Å². The molecule has 0 aromatic carbocycles. The summed E-state index contributed by atoms with van der Waals surface area (Å²) in [7, 11) is 2.01. The van der Waals surface area contributed by atoms with Crippen LogP contribution in [0.4, 0.5) is 11.6 Å². The smallest absolute Gasteiger partial charge is 0.142 e. The second-order valence-electron chi connectivity index (χ2n) is 3.61. The molecule has 2 rings (SSSR count). The Balaban J connectivity index is 2.11. The first kappa shape index (κ1) is 12.3. The number of hydrazine groups is 1. The fraction of sp³-hybridized carbons (Fsp3) is 0.182. The van der Waals surface area contributed by atoms with E-state index in [-0.39, 0.29) is 0 Å². The highest BCUT2D eigenvalue weighted by molar-refractivity contribution is 9.10. The Morgan fingerprint density at radius 2 is 2.35 bits per heavy atom. The number of thiophene rings is 1. The van der Waals surface area contributed by atoms with Gasteiger partial charge in [0.2, 0.25) is 0 Å². The van der Waals surface area contributed by atoms with Crippen LogP contribution in [0.3, 0.4) is 0 Å². The molecule has 0 atom stereocenters. The minimum absolute atomic E-state index is 0.668.